The minimum atomic E-state index is -0.739. The van der Waals surface area contributed by atoms with Crippen LogP contribution in [0.4, 0.5) is 4.79 Å². The summed E-state index contributed by atoms with van der Waals surface area (Å²) in [7, 11) is 1.28. The van der Waals surface area contributed by atoms with Crippen LogP contribution >= 0.6 is 11.8 Å². The number of thioether (sulfide) groups is 1. The van der Waals surface area contributed by atoms with Crippen molar-refractivity contribution >= 4 is 17.9 Å². The molecular formula is C18H20O4S. The second kappa shape index (κ2) is 8.48. The van der Waals surface area contributed by atoms with Gasteiger partial charge in [0.1, 0.15) is 18.1 Å². The monoisotopic (exact) mass is 332 g/mol. The van der Waals surface area contributed by atoms with E-state index >= 15 is 0 Å². The van der Waals surface area contributed by atoms with Crippen molar-refractivity contribution < 1.29 is 19.0 Å². The molecule has 4 nitrogen and oxygen atoms in total. The zero-order chi connectivity index (χ0) is 16.7. The summed E-state index contributed by atoms with van der Waals surface area (Å²) in [5.41, 5.74) is 2.08. The first-order valence-corrected chi connectivity index (χ1v) is 8.53. The molecule has 0 radical (unpaired) electrons. The van der Waals surface area contributed by atoms with Crippen LogP contribution in [0.3, 0.4) is 0 Å². The van der Waals surface area contributed by atoms with Crippen molar-refractivity contribution in [1.29, 1.82) is 0 Å². The molecule has 2 rings (SSSR count). The first-order chi connectivity index (χ1) is 11.2. The molecule has 0 aliphatic carbocycles. The van der Waals surface area contributed by atoms with Crippen LogP contribution in [-0.4, -0.2) is 19.5 Å². The first kappa shape index (κ1) is 17.2. The number of rotatable bonds is 6. The van der Waals surface area contributed by atoms with E-state index in [1.807, 2.05) is 42.7 Å². The van der Waals surface area contributed by atoms with Crippen LogP contribution in [0.1, 0.15) is 18.1 Å². The van der Waals surface area contributed by atoms with Crippen LogP contribution < -0.4 is 9.47 Å². The van der Waals surface area contributed by atoms with Crippen molar-refractivity contribution in [3.05, 3.63) is 53.6 Å². The Balaban J connectivity index is 2.17. The maximum Gasteiger partial charge on any atom is 0.513 e. The van der Waals surface area contributed by atoms with Crippen LogP contribution in [0.25, 0.3) is 0 Å². The van der Waals surface area contributed by atoms with E-state index in [0.717, 1.165) is 22.6 Å². The van der Waals surface area contributed by atoms with Gasteiger partial charge >= 0.3 is 6.16 Å². The van der Waals surface area contributed by atoms with Gasteiger partial charge in [-0.15, -0.1) is 11.8 Å². The number of aryl methyl sites for hydroxylation is 1. The van der Waals surface area contributed by atoms with Crippen LogP contribution in [-0.2, 0) is 17.8 Å². The average Bonchev–Trinajstić information content (AvgIpc) is 2.60. The fourth-order valence-corrected chi connectivity index (χ4v) is 2.70. The molecule has 0 bridgehead atoms. The van der Waals surface area contributed by atoms with E-state index in [9.17, 15) is 4.79 Å². The number of ether oxygens (including phenoxy) is 3. The Morgan fingerprint density at radius 1 is 1.13 bits per heavy atom. The largest absolute Gasteiger partial charge is 0.513 e. The van der Waals surface area contributed by atoms with E-state index < -0.39 is 6.16 Å². The number of methoxy groups -OCH3 is 1. The van der Waals surface area contributed by atoms with Gasteiger partial charge in [-0.25, -0.2) is 4.79 Å². The van der Waals surface area contributed by atoms with Gasteiger partial charge in [0.15, 0.2) is 0 Å². The molecule has 0 fully saturated rings. The van der Waals surface area contributed by atoms with E-state index in [0.29, 0.717) is 12.4 Å². The van der Waals surface area contributed by atoms with E-state index in [-0.39, 0.29) is 0 Å². The quantitative estimate of drug-likeness (QED) is 0.436. The summed E-state index contributed by atoms with van der Waals surface area (Å²) in [6.45, 7) is 2.43. The van der Waals surface area contributed by atoms with Crippen molar-refractivity contribution in [2.75, 3.05) is 13.4 Å². The Labute approximate surface area is 140 Å². The van der Waals surface area contributed by atoms with Gasteiger partial charge in [-0.1, -0.05) is 25.1 Å². The maximum absolute atomic E-state index is 11.4. The summed E-state index contributed by atoms with van der Waals surface area (Å²) < 4.78 is 15.6. The SMILES string of the molecule is CCc1ccc(OCc2c(OC(=O)OC)cccc2SC)cc1. The minimum absolute atomic E-state index is 0.314. The van der Waals surface area contributed by atoms with E-state index in [1.165, 1.54) is 12.7 Å². The van der Waals surface area contributed by atoms with Gasteiger partial charge in [0.2, 0.25) is 0 Å². The smallest absolute Gasteiger partial charge is 0.489 e. The fourth-order valence-electron chi connectivity index (χ4n) is 2.08. The molecule has 0 aliphatic heterocycles. The number of hydrogen-bond donors (Lipinski definition) is 0. The highest BCUT2D eigenvalue weighted by Crippen LogP contribution is 2.30. The normalized spacial score (nSPS) is 10.2. The summed E-state index contributed by atoms with van der Waals surface area (Å²) >= 11 is 1.57. The number of hydrogen-bond acceptors (Lipinski definition) is 5. The Bertz CT molecular complexity index is 653. The van der Waals surface area contributed by atoms with Crippen molar-refractivity contribution in [3.8, 4) is 11.5 Å². The van der Waals surface area contributed by atoms with E-state index in [1.54, 1.807) is 17.8 Å². The molecule has 122 valence electrons. The van der Waals surface area contributed by atoms with Gasteiger partial charge in [0, 0.05) is 10.5 Å². The van der Waals surface area contributed by atoms with Crippen LogP contribution in [0.15, 0.2) is 47.4 Å². The van der Waals surface area contributed by atoms with E-state index in [2.05, 4.69) is 11.7 Å². The molecule has 2 aromatic rings. The van der Waals surface area contributed by atoms with Crippen molar-refractivity contribution in [2.45, 2.75) is 24.8 Å². The lowest BCUT2D eigenvalue weighted by atomic mass is 10.2. The molecule has 0 saturated heterocycles. The molecular weight excluding hydrogens is 312 g/mol. The summed E-state index contributed by atoms with van der Waals surface area (Å²) in [6, 6.07) is 13.5. The predicted molar refractivity (Wildman–Crippen MR) is 91.4 cm³/mol. The third kappa shape index (κ3) is 4.66. The molecule has 0 saturated carbocycles. The lowest BCUT2D eigenvalue weighted by molar-refractivity contribution is 0.120. The Kier molecular flexibility index (Phi) is 6.35. The third-order valence-electron chi connectivity index (χ3n) is 3.38. The van der Waals surface area contributed by atoms with Gasteiger partial charge in [-0.3, -0.25) is 0 Å². The standard InChI is InChI=1S/C18H20O4S/c1-4-13-8-10-14(11-9-13)21-12-15-16(22-18(19)20-2)6-5-7-17(15)23-3/h5-11H,4,12H2,1-3H3. The Morgan fingerprint density at radius 3 is 2.48 bits per heavy atom. The van der Waals surface area contributed by atoms with Gasteiger partial charge in [0.25, 0.3) is 0 Å². The molecule has 0 atom stereocenters. The maximum atomic E-state index is 11.4. The first-order valence-electron chi connectivity index (χ1n) is 7.31. The number of carbonyl (C=O) groups excluding carboxylic acids is 1. The van der Waals surface area contributed by atoms with Crippen molar-refractivity contribution in [3.63, 3.8) is 0 Å². The van der Waals surface area contributed by atoms with Gasteiger partial charge in [0.05, 0.1) is 7.11 Å². The molecule has 0 heterocycles. The number of carbonyl (C=O) groups is 1. The van der Waals surface area contributed by atoms with Crippen molar-refractivity contribution in [2.24, 2.45) is 0 Å². The van der Waals surface area contributed by atoms with Crippen LogP contribution in [0.5, 0.6) is 11.5 Å². The highest BCUT2D eigenvalue weighted by atomic mass is 32.2. The van der Waals surface area contributed by atoms with E-state index in [4.69, 9.17) is 9.47 Å². The zero-order valence-corrected chi connectivity index (χ0v) is 14.3. The second-order valence-corrected chi connectivity index (χ2v) is 5.63. The lowest BCUT2D eigenvalue weighted by Crippen LogP contribution is -2.10. The van der Waals surface area contributed by atoms with Crippen molar-refractivity contribution in [1.82, 2.24) is 0 Å². The zero-order valence-electron chi connectivity index (χ0n) is 13.5. The molecule has 2 aromatic carbocycles. The second-order valence-electron chi connectivity index (χ2n) is 4.78. The highest BCUT2D eigenvalue weighted by Gasteiger charge is 2.14. The average molecular weight is 332 g/mol. The number of benzene rings is 2. The molecule has 23 heavy (non-hydrogen) atoms. The molecule has 0 unspecified atom stereocenters. The minimum Gasteiger partial charge on any atom is -0.489 e. The summed E-state index contributed by atoms with van der Waals surface area (Å²) in [5.74, 6) is 1.23. The lowest BCUT2D eigenvalue weighted by Gasteiger charge is -2.14. The summed E-state index contributed by atoms with van der Waals surface area (Å²) in [5, 5.41) is 0. The van der Waals surface area contributed by atoms with Crippen LogP contribution in [0.2, 0.25) is 0 Å². The Hall–Kier alpha value is -2.14. The fraction of sp³-hybridized carbons (Fsp3) is 0.278. The predicted octanol–water partition coefficient (Wildman–Crippen LogP) is 4.70. The molecule has 0 N–H and O–H groups in total. The summed E-state index contributed by atoms with van der Waals surface area (Å²) in [6.07, 6.45) is 2.22. The van der Waals surface area contributed by atoms with Gasteiger partial charge < -0.3 is 14.2 Å². The van der Waals surface area contributed by atoms with Gasteiger partial charge in [-0.05, 0) is 42.5 Å². The molecule has 0 spiro atoms. The molecule has 5 heteroatoms. The Morgan fingerprint density at radius 2 is 1.87 bits per heavy atom. The van der Waals surface area contributed by atoms with Crippen LogP contribution in [0, 0.1) is 0 Å². The van der Waals surface area contributed by atoms with Gasteiger partial charge in [-0.2, -0.15) is 0 Å². The molecule has 0 aromatic heterocycles. The topological polar surface area (TPSA) is 44.8 Å². The third-order valence-corrected chi connectivity index (χ3v) is 4.21. The highest BCUT2D eigenvalue weighted by molar-refractivity contribution is 7.98. The molecule has 0 amide bonds. The summed E-state index contributed by atoms with van der Waals surface area (Å²) in [4.78, 5) is 12.4. The molecule has 0 aliphatic rings.